The fraction of sp³-hybridized carbons (Fsp3) is 0.278. The maximum Gasteiger partial charge on any atom is 0.417 e. The van der Waals surface area contributed by atoms with Gasteiger partial charge >= 0.3 is 6.18 Å². The second-order valence-electron chi connectivity index (χ2n) is 6.04. The lowest BCUT2D eigenvalue weighted by molar-refractivity contribution is -0.137. The molecule has 0 radical (unpaired) electrons. The summed E-state index contributed by atoms with van der Waals surface area (Å²) < 4.78 is 38.5. The zero-order valence-corrected chi connectivity index (χ0v) is 14.1. The van der Waals surface area contributed by atoms with Gasteiger partial charge in [-0.25, -0.2) is 0 Å². The van der Waals surface area contributed by atoms with Crippen molar-refractivity contribution in [2.24, 2.45) is 0 Å². The number of aromatic amines is 1. The minimum Gasteiger partial charge on any atom is -0.367 e. The topological polar surface area (TPSA) is 80.2 Å². The minimum absolute atomic E-state index is 0.230. The highest BCUT2D eigenvalue weighted by molar-refractivity contribution is 5.94. The maximum atomic E-state index is 12.8. The minimum atomic E-state index is -4.65. The average Bonchev–Trinajstić information content (AvgIpc) is 2.67. The zero-order chi connectivity index (χ0) is 19.6. The van der Waals surface area contributed by atoms with Crippen LogP contribution in [0.15, 0.2) is 41.3 Å². The number of carbonyl (C=O) groups excluding carboxylic acids is 1. The van der Waals surface area contributed by atoms with Crippen LogP contribution in [0.4, 0.5) is 18.9 Å². The van der Waals surface area contributed by atoms with Gasteiger partial charge in [-0.1, -0.05) is 12.1 Å². The number of H-pyrrole nitrogens is 1. The summed E-state index contributed by atoms with van der Waals surface area (Å²) in [4.78, 5) is 29.6. The van der Waals surface area contributed by atoms with Crippen molar-refractivity contribution in [3.05, 3.63) is 63.6 Å². The molecule has 1 aromatic heterocycles. The van der Waals surface area contributed by atoms with E-state index in [4.69, 9.17) is 0 Å². The highest BCUT2D eigenvalue weighted by Crippen LogP contribution is 2.28. The maximum absolute atomic E-state index is 12.8. The van der Waals surface area contributed by atoms with Crippen LogP contribution in [0.1, 0.15) is 21.5 Å². The van der Waals surface area contributed by atoms with Crippen LogP contribution in [0.5, 0.6) is 0 Å². The van der Waals surface area contributed by atoms with E-state index in [1.807, 2.05) is 9.88 Å². The number of nitrogens with zero attached hydrogens (tertiary/aromatic N) is 3. The van der Waals surface area contributed by atoms with Gasteiger partial charge in [0.15, 0.2) is 0 Å². The van der Waals surface area contributed by atoms with Gasteiger partial charge in [0.05, 0.1) is 16.8 Å². The third kappa shape index (κ3) is 3.79. The Morgan fingerprint density at radius 1 is 1.15 bits per heavy atom. The number of hydrogen-bond acceptors (Lipinski definition) is 4. The van der Waals surface area contributed by atoms with Crippen molar-refractivity contribution >= 4 is 11.6 Å². The molecule has 27 heavy (non-hydrogen) atoms. The molecule has 2 heterocycles. The van der Waals surface area contributed by atoms with Gasteiger partial charge in [0, 0.05) is 32.4 Å². The van der Waals surface area contributed by atoms with E-state index in [1.165, 1.54) is 4.90 Å². The van der Waals surface area contributed by atoms with Crippen molar-refractivity contribution in [2.75, 3.05) is 31.1 Å². The average molecular weight is 376 g/mol. The first-order chi connectivity index (χ1) is 12.8. The quantitative estimate of drug-likeness (QED) is 0.872. The summed E-state index contributed by atoms with van der Waals surface area (Å²) in [5.74, 6) is -0.740. The van der Waals surface area contributed by atoms with Crippen molar-refractivity contribution in [3.8, 4) is 6.07 Å². The number of nitriles is 1. The summed E-state index contributed by atoms with van der Waals surface area (Å²) in [6.07, 6.45) is -4.10. The number of pyridine rings is 1. The SMILES string of the molecule is N#Cc1ccccc1N1CCN(C(=O)c2cc(C(F)(F)F)c[nH]c2=O)CC1. The van der Waals surface area contributed by atoms with E-state index in [0.717, 1.165) is 5.69 Å². The second kappa shape index (κ2) is 7.15. The molecular weight excluding hydrogens is 361 g/mol. The Morgan fingerprint density at radius 3 is 2.44 bits per heavy atom. The van der Waals surface area contributed by atoms with Gasteiger partial charge in [-0.2, -0.15) is 18.4 Å². The van der Waals surface area contributed by atoms with Crippen LogP contribution in [0.2, 0.25) is 0 Å². The first kappa shape index (κ1) is 18.5. The van der Waals surface area contributed by atoms with Gasteiger partial charge < -0.3 is 14.8 Å². The van der Waals surface area contributed by atoms with E-state index in [9.17, 15) is 28.0 Å². The van der Waals surface area contributed by atoms with Crippen LogP contribution in [-0.2, 0) is 6.18 Å². The number of halogens is 3. The lowest BCUT2D eigenvalue weighted by Crippen LogP contribution is -2.49. The van der Waals surface area contributed by atoms with Gasteiger partial charge in [-0.05, 0) is 18.2 Å². The normalized spacial score (nSPS) is 14.7. The van der Waals surface area contributed by atoms with E-state index < -0.39 is 28.8 Å². The molecule has 1 aromatic carbocycles. The third-order valence-electron chi connectivity index (χ3n) is 4.39. The Bertz CT molecular complexity index is 954. The Kier molecular flexibility index (Phi) is 4.90. The fourth-order valence-electron chi connectivity index (χ4n) is 2.97. The lowest BCUT2D eigenvalue weighted by Gasteiger charge is -2.36. The lowest BCUT2D eigenvalue weighted by atomic mass is 10.1. The first-order valence-corrected chi connectivity index (χ1v) is 8.14. The van der Waals surface area contributed by atoms with Gasteiger partial charge in [0.1, 0.15) is 11.6 Å². The number of amides is 1. The molecule has 1 fully saturated rings. The molecule has 1 N–H and O–H groups in total. The molecule has 0 saturated carbocycles. The number of piperazine rings is 1. The number of para-hydroxylation sites is 1. The summed E-state index contributed by atoms with van der Waals surface area (Å²) in [6.45, 7) is 1.27. The van der Waals surface area contributed by atoms with Crippen molar-refractivity contribution in [1.29, 1.82) is 5.26 Å². The van der Waals surface area contributed by atoms with Crippen LogP contribution in [0, 0.1) is 11.3 Å². The monoisotopic (exact) mass is 376 g/mol. The Balaban J connectivity index is 1.76. The molecular formula is C18H15F3N4O2. The van der Waals surface area contributed by atoms with E-state index in [1.54, 1.807) is 24.3 Å². The van der Waals surface area contributed by atoms with Crippen LogP contribution >= 0.6 is 0 Å². The molecule has 1 amide bonds. The van der Waals surface area contributed by atoms with Crippen LogP contribution < -0.4 is 10.5 Å². The number of nitrogens with one attached hydrogen (secondary N) is 1. The number of anilines is 1. The summed E-state index contributed by atoms with van der Waals surface area (Å²) >= 11 is 0. The largest absolute Gasteiger partial charge is 0.417 e. The van der Waals surface area contributed by atoms with Gasteiger partial charge in [-0.15, -0.1) is 0 Å². The molecule has 1 aliphatic rings. The van der Waals surface area contributed by atoms with Gasteiger partial charge in [0.25, 0.3) is 11.5 Å². The van der Waals surface area contributed by atoms with Crippen LogP contribution in [-0.4, -0.2) is 42.0 Å². The number of carbonyl (C=O) groups is 1. The number of aromatic nitrogens is 1. The molecule has 0 unspecified atom stereocenters. The Hall–Kier alpha value is -3.28. The number of alkyl halides is 3. The number of rotatable bonds is 2. The molecule has 3 rings (SSSR count). The van der Waals surface area contributed by atoms with Gasteiger partial charge in [-0.3, -0.25) is 9.59 Å². The fourth-order valence-corrected chi connectivity index (χ4v) is 2.97. The van der Waals surface area contributed by atoms with Crippen molar-refractivity contribution in [3.63, 3.8) is 0 Å². The highest BCUT2D eigenvalue weighted by atomic mass is 19.4. The Labute approximate surface area is 152 Å². The second-order valence-corrected chi connectivity index (χ2v) is 6.04. The van der Waals surface area contributed by atoms with Crippen molar-refractivity contribution in [1.82, 2.24) is 9.88 Å². The molecule has 9 heteroatoms. The van der Waals surface area contributed by atoms with Crippen molar-refractivity contribution in [2.45, 2.75) is 6.18 Å². The molecule has 2 aromatic rings. The smallest absolute Gasteiger partial charge is 0.367 e. The summed E-state index contributed by atoms with van der Waals surface area (Å²) in [5.41, 5.74) is -1.22. The van der Waals surface area contributed by atoms with E-state index in [2.05, 4.69) is 6.07 Å². The van der Waals surface area contributed by atoms with E-state index in [0.29, 0.717) is 30.9 Å². The molecule has 0 spiro atoms. The molecule has 0 atom stereocenters. The number of benzene rings is 1. The van der Waals surface area contributed by atoms with Crippen molar-refractivity contribution < 1.29 is 18.0 Å². The van der Waals surface area contributed by atoms with Gasteiger partial charge in [0.2, 0.25) is 0 Å². The first-order valence-electron chi connectivity index (χ1n) is 8.14. The summed E-state index contributed by atoms with van der Waals surface area (Å²) in [5, 5.41) is 9.19. The van der Waals surface area contributed by atoms with Crippen LogP contribution in [0.25, 0.3) is 0 Å². The highest BCUT2D eigenvalue weighted by Gasteiger charge is 2.33. The summed E-state index contributed by atoms with van der Waals surface area (Å²) in [7, 11) is 0. The molecule has 6 nitrogen and oxygen atoms in total. The molecule has 0 bridgehead atoms. The standard InChI is InChI=1S/C18H15F3N4O2/c19-18(20,21)13-9-14(16(26)23-11-13)17(27)25-7-5-24(6-8-25)15-4-2-1-3-12(15)10-22/h1-4,9,11H,5-8H2,(H,23,26). The zero-order valence-electron chi connectivity index (χ0n) is 14.1. The summed E-state index contributed by atoms with van der Waals surface area (Å²) in [6, 6.07) is 9.73. The third-order valence-corrected chi connectivity index (χ3v) is 4.39. The number of hydrogen-bond donors (Lipinski definition) is 1. The molecule has 140 valence electrons. The van der Waals surface area contributed by atoms with Crippen LogP contribution in [0.3, 0.4) is 0 Å². The van der Waals surface area contributed by atoms with E-state index in [-0.39, 0.29) is 13.1 Å². The molecule has 1 aliphatic heterocycles. The predicted octanol–water partition coefficient (Wildman–Crippen LogP) is 2.23. The molecule has 1 saturated heterocycles. The predicted molar refractivity (Wildman–Crippen MR) is 91.3 cm³/mol. The molecule has 0 aliphatic carbocycles. The Morgan fingerprint density at radius 2 is 1.81 bits per heavy atom. The van der Waals surface area contributed by atoms with E-state index >= 15 is 0 Å².